The van der Waals surface area contributed by atoms with Gasteiger partial charge in [-0.3, -0.25) is 4.79 Å². The molecule has 4 nitrogen and oxygen atoms in total. The molecule has 0 aliphatic rings. The van der Waals surface area contributed by atoms with Crippen LogP contribution in [0.5, 0.6) is 0 Å². The van der Waals surface area contributed by atoms with Gasteiger partial charge in [0, 0.05) is 33.0 Å². The highest BCUT2D eigenvalue weighted by molar-refractivity contribution is 6.35. The molecule has 2 aromatic carbocycles. The monoisotopic (exact) mass is 323 g/mol. The number of rotatable bonds is 3. The van der Waals surface area contributed by atoms with E-state index in [1.807, 2.05) is 65.4 Å². The highest BCUT2D eigenvalue weighted by Gasteiger charge is 2.09. The second-order valence-electron chi connectivity index (χ2n) is 5.43. The maximum atomic E-state index is 12.3. The predicted molar refractivity (Wildman–Crippen MR) is 93.9 cm³/mol. The van der Waals surface area contributed by atoms with Crippen molar-refractivity contribution in [1.29, 1.82) is 0 Å². The number of carbonyl (C=O) groups is 1. The molecule has 0 saturated heterocycles. The van der Waals surface area contributed by atoms with E-state index in [2.05, 4.69) is 10.3 Å². The van der Waals surface area contributed by atoms with E-state index in [-0.39, 0.29) is 12.5 Å². The summed E-state index contributed by atoms with van der Waals surface area (Å²) in [4.78, 5) is 15.5. The van der Waals surface area contributed by atoms with Crippen LogP contribution in [0.25, 0.3) is 21.8 Å². The zero-order chi connectivity index (χ0) is 15.8. The fourth-order valence-corrected chi connectivity index (χ4v) is 3.04. The smallest absolute Gasteiger partial charge is 0.245 e. The first-order valence-corrected chi connectivity index (χ1v) is 7.69. The minimum atomic E-state index is -0.0889. The number of fused-ring (bicyclic) bond motifs is 2. The Labute approximate surface area is 137 Å². The van der Waals surface area contributed by atoms with Gasteiger partial charge in [-0.05, 0) is 30.3 Å². The van der Waals surface area contributed by atoms with Crippen molar-refractivity contribution in [2.75, 3.05) is 5.32 Å². The Bertz CT molecular complexity index is 982. The van der Waals surface area contributed by atoms with Gasteiger partial charge in [-0.2, -0.15) is 0 Å². The Morgan fingerprint density at radius 1 is 1.13 bits per heavy atom. The van der Waals surface area contributed by atoms with Gasteiger partial charge in [0.05, 0.1) is 0 Å². The minimum absolute atomic E-state index is 0.0889. The van der Waals surface area contributed by atoms with Gasteiger partial charge in [-0.15, -0.1) is 0 Å². The number of benzene rings is 2. The number of carbonyl (C=O) groups excluding carboxylic acids is 1. The number of halogens is 1. The van der Waals surface area contributed by atoms with Gasteiger partial charge in [0.1, 0.15) is 12.4 Å². The Hall–Kier alpha value is -2.72. The average Bonchev–Trinajstić information content (AvgIpc) is 3.12. The van der Waals surface area contributed by atoms with E-state index in [9.17, 15) is 4.79 Å². The minimum Gasteiger partial charge on any atom is -0.341 e. The van der Waals surface area contributed by atoms with Gasteiger partial charge in [-0.25, -0.2) is 0 Å². The topological polar surface area (TPSA) is 49.8 Å². The number of nitrogens with one attached hydrogen (secondary N) is 2. The van der Waals surface area contributed by atoms with Crippen LogP contribution < -0.4 is 5.32 Å². The molecule has 4 aromatic rings. The first-order valence-electron chi connectivity index (χ1n) is 7.32. The van der Waals surface area contributed by atoms with Crippen LogP contribution in [0.2, 0.25) is 5.02 Å². The van der Waals surface area contributed by atoms with E-state index >= 15 is 0 Å². The number of hydrogen-bond acceptors (Lipinski definition) is 1. The predicted octanol–water partition coefficient (Wildman–Crippen LogP) is 4.41. The Balaban J connectivity index is 1.56. The van der Waals surface area contributed by atoms with Crippen LogP contribution >= 0.6 is 11.6 Å². The number of para-hydroxylation sites is 1. The van der Waals surface area contributed by atoms with Crippen LogP contribution in [-0.2, 0) is 11.3 Å². The van der Waals surface area contributed by atoms with E-state index in [4.69, 9.17) is 11.6 Å². The van der Waals surface area contributed by atoms with E-state index in [1.165, 1.54) is 0 Å². The van der Waals surface area contributed by atoms with Crippen molar-refractivity contribution in [3.8, 4) is 0 Å². The Morgan fingerprint density at radius 2 is 2.00 bits per heavy atom. The molecule has 5 heteroatoms. The molecule has 2 heterocycles. The van der Waals surface area contributed by atoms with Crippen molar-refractivity contribution in [3.63, 3.8) is 0 Å². The molecule has 1 amide bonds. The highest BCUT2D eigenvalue weighted by Crippen LogP contribution is 2.24. The Morgan fingerprint density at radius 3 is 2.87 bits per heavy atom. The van der Waals surface area contributed by atoms with Gasteiger partial charge in [0.15, 0.2) is 0 Å². The van der Waals surface area contributed by atoms with Gasteiger partial charge in [0.2, 0.25) is 5.91 Å². The fourth-order valence-electron chi connectivity index (χ4n) is 2.81. The van der Waals surface area contributed by atoms with Crippen molar-refractivity contribution in [3.05, 3.63) is 65.8 Å². The molecule has 0 aliphatic carbocycles. The standard InChI is InChI=1S/C18H14ClN3O/c19-14-5-3-7-16-13(14)8-9-22(16)11-18(23)21-17-10-12-4-1-2-6-15(12)20-17/h1-10,20H,11H2,(H,21,23). The molecule has 114 valence electrons. The summed E-state index contributed by atoms with van der Waals surface area (Å²) >= 11 is 6.16. The number of aromatic nitrogens is 2. The summed E-state index contributed by atoms with van der Waals surface area (Å²) in [6, 6.07) is 17.5. The SMILES string of the molecule is O=C(Cn1ccc2c(Cl)cccc21)Nc1cc2ccccc2[nH]1. The summed E-state index contributed by atoms with van der Waals surface area (Å²) < 4.78 is 1.89. The van der Waals surface area contributed by atoms with Crippen molar-refractivity contribution < 1.29 is 4.79 Å². The largest absolute Gasteiger partial charge is 0.341 e. The molecule has 2 aromatic heterocycles. The molecule has 4 rings (SSSR count). The van der Waals surface area contributed by atoms with Crippen molar-refractivity contribution in [2.45, 2.75) is 6.54 Å². The maximum absolute atomic E-state index is 12.3. The number of amides is 1. The molecule has 0 unspecified atom stereocenters. The van der Waals surface area contributed by atoms with Gasteiger partial charge in [0.25, 0.3) is 0 Å². The molecule has 0 bridgehead atoms. The third-order valence-corrected chi connectivity index (χ3v) is 4.21. The van der Waals surface area contributed by atoms with Crippen LogP contribution in [-0.4, -0.2) is 15.5 Å². The lowest BCUT2D eigenvalue weighted by Crippen LogP contribution is -2.18. The van der Waals surface area contributed by atoms with Crippen LogP contribution in [0.1, 0.15) is 0 Å². The normalized spacial score (nSPS) is 11.2. The van der Waals surface area contributed by atoms with E-state index in [0.717, 1.165) is 21.8 Å². The van der Waals surface area contributed by atoms with Crippen LogP contribution in [0.3, 0.4) is 0 Å². The maximum Gasteiger partial charge on any atom is 0.245 e. The van der Waals surface area contributed by atoms with E-state index in [0.29, 0.717) is 10.8 Å². The average molecular weight is 324 g/mol. The molecule has 0 atom stereocenters. The summed E-state index contributed by atoms with van der Waals surface area (Å²) in [6.07, 6.45) is 1.88. The van der Waals surface area contributed by atoms with Crippen LogP contribution in [0.4, 0.5) is 5.82 Å². The number of anilines is 1. The summed E-state index contributed by atoms with van der Waals surface area (Å²) in [6.45, 7) is 0.235. The third kappa shape index (κ3) is 2.58. The fraction of sp³-hybridized carbons (Fsp3) is 0.0556. The summed E-state index contributed by atoms with van der Waals surface area (Å²) in [5.74, 6) is 0.611. The molecule has 0 saturated carbocycles. The molecular formula is C18H14ClN3O. The lowest BCUT2D eigenvalue weighted by molar-refractivity contribution is -0.116. The second kappa shape index (κ2) is 5.48. The van der Waals surface area contributed by atoms with Crippen molar-refractivity contribution >= 4 is 45.1 Å². The molecule has 2 N–H and O–H groups in total. The molecule has 0 radical (unpaired) electrons. The first kappa shape index (κ1) is 13.9. The number of nitrogens with zero attached hydrogens (tertiary/aromatic N) is 1. The third-order valence-electron chi connectivity index (χ3n) is 3.88. The summed E-state index contributed by atoms with van der Waals surface area (Å²) in [5, 5.41) is 5.61. The first-order chi connectivity index (χ1) is 11.2. The van der Waals surface area contributed by atoms with E-state index < -0.39 is 0 Å². The molecule has 0 aliphatic heterocycles. The van der Waals surface area contributed by atoms with Gasteiger partial charge in [-0.1, -0.05) is 35.9 Å². The zero-order valence-electron chi connectivity index (χ0n) is 12.2. The quantitative estimate of drug-likeness (QED) is 0.576. The van der Waals surface area contributed by atoms with Crippen molar-refractivity contribution in [1.82, 2.24) is 9.55 Å². The van der Waals surface area contributed by atoms with Gasteiger partial charge < -0.3 is 14.9 Å². The lowest BCUT2D eigenvalue weighted by Gasteiger charge is -2.06. The van der Waals surface area contributed by atoms with Crippen molar-refractivity contribution in [2.24, 2.45) is 0 Å². The lowest BCUT2D eigenvalue weighted by atomic mass is 10.2. The zero-order valence-corrected chi connectivity index (χ0v) is 13.0. The number of hydrogen-bond donors (Lipinski definition) is 2. The van der Waals surface area contributed by atoms with Crippen LogP contribution in [0, 0.1) is 0 Å². The molecule has 23 heavy (non-hydrogen) atoms. The van der Waals surface area contributed by atoms with Crippen LogP contribution in [0.15, 0.2) is 60.8 Å². The molecular weight excluding hydrogens is 310 g/mol. The number of aromatic amines is 1. The molecule has 0 spiro atoms. The molecule has 0 fully saturated rings. The van der Waals surface area contributed by atoms with E-state index in [1.54, 1.807) is 0 Å². The Kier molecular flexibility index (Phi) is 3.32. The highest BCUT2D eigenvalue weighted by atomic mass is 35.5. The number of H-pyrrole nitrogens is 1. The summed E-state index contributed by atoms with van der Waals surface area (Å²) in [7, 11) is 0. The van der Waals surface area contributed by atoms with Gasteiger partial charge >= 0.3 is 0 Å². The summed E-state index contributed by atoms with van der Waals surface area (Å²) in [5.41, 5.74) is 1.95. The second-order valence-corrected chi connectivity index (χ2v) is 5.84.